The van der Waals surface area contributed by atoms with E-state index in [0.29, 0.717) is 13.2 Å². The monoisotopic (exact) mass is 267 g/mol. The van der Waals surface area contributed by atoms with Crippen LogP contribution in [0.15, 0.2) is 60.8 Å². The minimum atomic E-state index is 0.138. The molecule has 0 aliphatic carbocycles. The van der Waals surface area contributed by atoms with E-state index in [9.17, 15) is 0 Å². The van der Waals surface area contributed by atoms with E-state index in [0.717, 1.165) is 22.2 Å². The van der Waals surface area contributed by atoms with Crippen molar-refractivity contribution in [3.8, 4) is 5.75 Å². The molecule has 0 spiro atoms. The minimum absolute atomic E-state index is 0.138. The molecule has 3 nitrogen and oxygen atoms in total. The molecule has 3 aromatic rings. The summed E-state index contributed by atoms with van der Waals surface area (Å²) in [6, 6.07) is 18.2. The minimum Gasteiger partial charge on any atom is -0.488 e. The highest BCUT2D eigenvalue weighted by Gasteiger charge is 2.06. The fraction of sp³-hybridized carbons (Fsp3) is 0.176. The van der Waals surface area contributed by atoms with Gasteiger partial charge in [0.2, 0.25) is 0 Å². The maximum absolute atomic E-state index is 9.07. The Morgan fingerprint density at radius 2 is 1.80 bits per heavy atom. The van der Waals surface area contributed by atoms with Crippen LogP contribution >= 0.6 is 0 Å². The lowest BCUT2D eigenvalue weighted by molar-refractivity contribution is 0.278. The van der Waals surface area contributed by atoms with Crippen molar-refractivity contribution in [2.24, 2.45) is 0 Å². The average molecular weight is 267 g/mol. The first-order valence-corrected chi connectivity index (χ1v) is 6.74. The van der Waals surface area contributed by atoms with E-state index in [4.69, 9.17) is 9.84 Å². The van der Waals surface area contributed by atoms with Gasteiger partial charge in [-0.25, -0.2) is 0 Å². The molecule has 0 unspecified atom stereocenters. The molecule has 0 aliphatic rings. The second-order valence-electron chi connectivity index (χ2n) is 4.70. The Morgan fingerprint density at radius 1 is 0.950 bits per heavy atom. The van der Waals surface area contributed by atoms with E-state index in [-0.39, 0.29) is 6.61 Å². The Balaban J connectivity index is 1.85. The Labute approximate surface area is 118 Å². The number of aliphatic hydroxyl groups excluding tert-OH is 1. The predicted molar refractivity (Wildman–Crippen MR) is 79.8 cm³/mol. The fourth-order valence-corrected chi connectivity index (χ4v) is 2.36. The molecule has 1 aromatic heterocycles. The number of hydrogen-bond acceptors (Lipinski definition) is 2. The van der Waals surface area contributed by atoms with E-state index < -0.39 is 0 Å². The van der Waals surface area contributed by atoms with E-state index in [1.807, 2.05) is 53.2 Å². The Bertz CT molecular complexity index is 689. The van der Waals surface area contributed by atoms with Crippen molar-refractivity contribution in [1.29, 1.82) is 0 Å². The molecule has 1 heterocycles. The number of ether oxygens (including phenoxy) is 1. The summed E-state index contributed by atoms with van der Waals surface area (Å²) >= 11 is 0. The zero-order valence-corrected chi connectivity index (χ0v) is 11.2. The van der Waals surface area contributed by atoms with Gasteiger partial charge in [-0.3, -0.25) is 0 Å². The highest BCUT2D eigenvalue weighted by molar-refractivity contribution is 5.86. The van der Waals surface area contributed by atoms with Gasteiger partial charge in [0.05, 0.1) is 12.1 Å². The normalized spacial score (nSPS) is 10.8. The summed E-state index contributed by atoms with van der Waals surface area (Å²) in [5.41, 5.74) is 2.24. The molecule has 0 aliphatic heterocycles. The lowest BCUT2D eigenvalue weighted by Gasteiger charge is -2.08. The van der Waals surface area contributed by atoms with Crippen molar-refractivity contribution in [1.82, 2.24) is 4.57 Å². The van der Waals surface area contributed by atoms with E-state index in [2.05, 4.69) is 12.1 Å². The number of hydrogen-bond donors (Lipinski definition) is 1. The smallest absolute Gasteiger partial charge is 0.129 e. The summed E-state index contributed by atoms with van der Waals surface area (Å²) in [5.74, 6) is 0.878. The molecule has 102 valence electrons. The van der Waals surface area contributed by atoms with Gasteiger partial charge in [-0.15, -0.1) is 0 Å². The van der Waals surface area contributed by atoms with Gasteiger partial charge in [0.1, 0.15) is 12.4 Å². The summed E-state index contributed by atoms with van der Waals surface area (Å²) < 4.78 is 7.95. The molecular formula is C17H17NO2. The molecule has 0 amide bonds. The van der Waals surface area contributed by atoms with Gasteiger partial charge in [0.15, 0.2) is 0 Å². The number of fused-ring (bicyclic) bond motifs is 1. The first-order chi connectivity index (χ1) is 9.88. The number of aliphatic hydroxyl groups is 1. The van der Waals surface area contributed by atoms with Crippen LogP contribution in [0.3, 0.4) is 0 Å². The average Bonchev–Trinajstić information content (AvgIpc) is 2.91. The molecule has 3 rings (SSSR count). The SMILES string of the molecule is OCCn1ccc2c(OCc3ccccc3)cccc21. The second-order valence-corrected chi connectivity index (χ2v) is 4.70. The summed E-state index contributed by atoms with van der Waals surface area (Å²) in [6.45, 7) is 1.30. The Hall–Kier alpha value is -2.26. The predicted octanol–water partition coefficient (Wildman–Crippen LogP) is 3.21. The third kappa shape index (κ3) is 2.53. The van der Waals surface area contributed by atoms with Crippen LogP contribution in [0.25, 0.3) is 10.9 Å². The van der Waals surface area contributed by atoms with Crippen LogP contribution in [-0.2, 0) is 13.2 Å². The summed E-state index contributed by atoms with van der Waals surface area (Å²) in [5, 5.41) is 10.1. The van der Waals surface area contributed by atoms with Crippen LogP contribution in [0.2, 0.25) is 0 Å². The summed E-state index contributed by atoms with van der Waals surface area (Å²) in [7, 11) is 0. The first kappa shape index (κ1) is 12.8. The highest BCUT2D eigenvalue weighted by atomic mass is 16.5. The molecule has 0 radical (unpaired) electrons. The lowest BCUT2D eigenvalue weighted by atomic mass is 10.2. The highest BCUT2D eigenvalue weighted by Crippen LogP contribution is 2.27. The zero-order valence-electron chi connectivity index (χ0n) is 11.2. The van der Waals surface area contributed by atoms with Gasteiger partial charge in [-0.1, -0.05) is 36.4 Å². The maximum Gasteiger partial charge on any atom is 0.129 e. The van der Waals surface area contributed by atoms with E-state index in [1.54, 1.807) is 0 Å². The Kier molecular flexibility index (Phi) is 3.70. The third-order valence-corrected chi connectivity index (χ3v) is 3.35. The maximum atomic E-state index is 9.07. The Morgan fingerprint density at radius 3 is 2.60 bits per heavy atom. The van der Waals surface area contributed by atoms with Crippen LogP contribution in [0, 0.1) is 0 Å². The van der Waals surface area contributed by atoms with E-state index in [1.165, 1.54) is 0 Å². The topological polar surface area (TPSA) is 34.4 Å². The summed E-state index contributed by atoms with van der Waals surface area (Å²) in [4.78, 5) is 0. The van der Waals surface area contributed by atoms with Crippen molar-refractivity contribution in [2.45, 2.75) is 13.2 Å². The second kappa shape index (κ2) is 5.80. The lowest BCUT2D eigenvalue weighted by Crippen LogP contribution is -2.00. The standard InChI is InChI=1S/C17H17NO2/c19-12-11-18-10-9-15-16(18)7-4-8-17(15)20-13-14-5-2-1-3-6-14/h1-10,19H,11-13H2. The first-order valence-electron chi connectivity index (χ1n) is 6.74. The van der Waals surface area contributed by atoms with Gasteiger partial charge in [-0.2, -0.15) is 0 Å². The summed E-state index contributed by atoms with van der Waals surface area (Å²) in [6.07, 6.45) is 1.98. The molecule has 1 N–H and O–H groups in total. The molecule has 2 aromatic carbocycles. The molecule has 3 heteroatoms. The van der Waals surface area contributed by atoms with Crippen LogP contribution < -0.4 is 4.74 Å². The van der Waals surface area contributed by atoms with Crippen molar-refractivity contribution in [3.63, 3.8) is 0 Å². The van der Waals surface area contributed by atoms with Gasteiger partial charge in [-0.05, 0) is 23.8 Å². The van der Waals surface area contributed by atoms with E-state index >= 15 is 0 Å². The van der Waals surface area contributed by atoms with Crippen molar-refractivity contribution in [3.05, 3.63) is 66.4 Å². The van der Waals surface area contributed by atoms with Crippen LogP contribution in [0.1, 0.15) is 5.56 Å². The quantitative estimate of drug-likeness (QED) is 0.770. The molecule has 0 saturated carbocycles. The molecule has 0 atom stereocenters. The third-order valence-electron chi connectivity index (χ3n) is 3.35. The number of aromatic nitrogens is 1. The number of benzene rings is 2. The van der Waals surface area contributed by atoms with Crippen molar-refractivity contribution in [2.75, 3.05) is 6.61 Å². The van der Waals surface area contributed by atoms with Gasteiger partial charge in [0.25, 0.3) is 0 Å². The molecule has 0 bridgehead atoms. The van der Waals surface area contributed by atoms with Gasteiger partial charge in [0, 0.05) is 18.1 Å². The van der Waals surface area contributed by atoms with Crippen molar-refractivity contribution < 1.29 is 9.84 Å². The van der Waals surface area contributed by atoms with Gasteiger partial charge < -0.3 is 14.4 Å². The van der Waals surface area contributed by atoms with Crippen LogP contribution in [0.5, 0.6) is 5.75 Å². The molecule has 20 heavy (non-hydrogen) atoms. The number of rotatable bonds is 5. The molecular weight excluding hydrogens is 250 g/mol. The fourth-order valence-electron chi connectivity index (χ4n) is 2.36. The van der Waals surface area contributed by atoms with Crippen LogP contribution in [0.4, 0.5) is 0 Å². The zero-order chi connectivity index (χ0) is 13.8. The van der Waals surface area contributed by atoms with Crippen LogP contribution in [-0.4, -0.2) is 16.3 Å². The largest absolute Gasteiger partial charge is 0.488 e. The molecule has 0 fully saturated rings. The van der Waals surface area contributed by atoms with Crippen molar-refractivity contribution >= 4 is 10.9 Å². The number of nitrogens with zero attached hydrogens (tertiary/aromatic N) is 1. The van der Waals surface area contributed by atoms with Gasteiger partial charge >= 0.3 is 0 Å². The molecule has 0 saturated heterocycles.